The van der Waals surface area contributed by atoms with E-state index in [1.807, 2.05) is 0 Å². The Labute approximate surface area is 83.1 Å². The largest absolute Gasteiger partial charge is 0.294 e. The summed E-state index contributed by atoms with van der Waals surface area (Å²) in [6.45, 7) is 1.23. The molecule has 0 unspecified atom stereocenters. The normalized spacial score (nSPS) is 9.38. The summed E-state index contributed by atoms with van der Waals surface area (Å²) in [4.78, 5) is 11.0. The molecule has 2 nitrogen and oxygen atoms in total. The lowest BCUT2D eigenvalue weighted by atomic mass is 10.1. The molecule has 0 saturated carbocycles. The summed E-state index contributed by atoms with van der Waals surface area (Å²) < 4.78 is 13.5. The summed E-state index contributed by atoms with van der Waals surface area (Å²) >= 11 is 2.94. The van der Waals surface area contributed by atoms with Gasteiger partial charge in [-0.15, -0.1) is 0 Å². The van der Waals surface area contributed by atoms with E-state index >= 15 is 0 Å². The first-order valence-electron chi connectivity index (χ1n) is 3.47. The van der Waals surface area contributed by atoms with Crippen molar-refractivity contribution in [1.82, 2.24) is 0 Å². The van der Waals surface area contributed by atoms with Gasteiger partial charge < -0.3 is 0 Å². The average molecular weight is 242 g/mol. The fourth-order valence-electron chi connectivity index (χ4n) is 0.988. The van der Waals surface area contributed by atoms with Crippen LogP contribution < -0.4 is 0 Å². The number of carbonyl (C=O) groups is 1. The van der Waals surface area contributed by atoms with Crippen molar-refractivity contribution in [3.05, 3.63) is 33.5 Å². The Hall–Kier alpha value is -1.21. The molecule has 4 heteroatoms. The summed E-state index contributed by atoms with van der Waals surface area (Å²) in [5, 5.41) is 8.60. The molecule has 0 atom stereocenters. The van der Waals surface area contributed by atoms with Gasteiger partial charge in [0, 0.05) is 0 Å². The second-order valence-electron chi connectivity index (χ2n) is 2.45. The molecule has 66 valence electrons. The minimum Gasteiger partial charge on any atom is -0.294 e. The fourth-order valence-corrected chi connectivity index (χ4v) is 1.32. The number of Topliss-reactive ketones (excluding diaryl/α,β-unsaturated/α-hetero) is 1. The van der Waals surface area contributed by atoms with Gasteiger partial charge in [-0.3, -0.25) is 4.79 Å². The van der Waals surface area contributed by atoms with Crippen molar-refractivity contribution < 1.29 is 9.18 Å². The maximum Gasteiger partial charge on any atom is 0.164 e. The Morgan fingerprint density at radius 1 is 1.62 bits per heavy atom. The number of halogens is 2. The van der Waals surface area contributed by atoms with E-state index in [-0.39, 0.29) is 15.6 Å². The van der Waals surface area contributed by atoms with Crippen LogP contribution in [0, 0.1) is 17.1 Å². The molecule has 0 aliphatic heterocycles. The van der Waals surface area contributed by atoms with Crippen molar-refractivity contribution in [2.45, 2.75) is 6.92 Å². The molecule has 0 spiro atoms. The highest BCUT2D eigenvalue weighted by Gasteiger charge is 2.15. The topological polar surface area (TPSA) is 40.9 Å². The van der Waals surface area contributed by atoms with E-state index in [4.69, 9.17) is 5.26 Å². The fraction of sp³-hybridized carbons (Fsp3) is 0.111. The summed E-state index contributed by atoms with van der Waals surface area (Å²) in [7, 11) is 0. The molecule has 0 fully saturated rings. The molecule has 0 radical (unpaired) electrons. The van der Waals surface area contributed by atoms with Gasteiger partial charge in [0.15, 0.2) is 5.78 Å². The van der Waals surface area contributed by atoms with Crippen LogP contribution in [0.25, 0.3) is 0 Å². The van der Waals surface area contributed by atoms with Crippen molar-refractivity contribution in [2.24, 2.45) is 0 Å². The number of nitrogens with zero attached hydrogens (tertiary/aromatic N) is 1. The number of benzene rings is 1. The molecule has 0 amide bonds. The van der Waals surface area contributed by atoms with E-state index in [9.17, 15) is 9.18 Å². The van der Waals surface area contributed by atoms with Gasteiger partial charge in [-0.1, -0.05) is 0 Å². The standard InChI is InChI=1S/C9H5BrFNO/c1-5(13)8-6(4-12)2-3-7(10)9(8)11/h2-3H,1H3. The second kappa shape index (κ2) is 3.67. The number of ketones is 1. The smallest absolute Gasteiger partial charge is 0.164 e. The van der Waals surface area contributed by atoms with Crippen LogP contribution in [0.4, 0.5) is 4.39 Å². The maximum atomic E-state index is 13.3. The Morgan fingerprint density at radius 2 is 2.23 bits per heavy atom. The van der Waals surface area contributed by atoms with Crippen LogP contribution >= 0.6 is 15.9 Å². The van der Waals surface area contributed by atoms with Gasteiger partial charge in [0.2, 0.25) is 0 Å². The van der Waals surface area contributed by atoms with Crippen LogP contribution in [0.1, 0.15) is 22.8 Å². The minimum absolute atomic E-state index is 0.0631. The lowest BCUT2D eigenvalue weighted by Gasteiger charge is -2.02. The number of carbonyl (C=O) groups excluding carboxylic acids is 1. The van der Waals surface area contributed by atoms with Gasteiger partial charge in [0.25, 0.3) is 0 Å². The number of hydrogen-bond acceptors (Lipinski definition) is 2. The molecule has 0 N–H and O–H groups in total. The lowest BCUT2D eigenvalue weighted by molar-refractivity contribution is 0.101. The van der Waals surface area contributed by atoms with Gasteiger partial charge >= 0.3 is 0 Å². The first kappa shape index (κ1) is 9.87. The van der Waals surface area contributed by atoms with Crippen molar-refractivity contribution in [2.75, 3.05) is 0 Å². The number of rotatable bonds is 1. The van der Waals surface area contributed by atoms with Crippen LogP contribution in [0.2, 0.25) is 0 Å². The van der Waals surface area contributed by atoms with Crippen LogP contribution in [0.5, 0.6) is 0 Å². The molecule has 1 rings (SSSR count). The molecule has 0 aromatic heterocycles. The highest BCUT2D eigenvalue weighted by Crippen LogP contribution is 2.22. The van der Waals surface area contributed by atoms with E-state index in [1.54, 1.807) is 6.07 Å². The minimum atomic E-state index is -0.674. The highest BCUT2D eigenvalue weighted by molar-refractivity contribution is 9.10. The monoisotopic (exact) mass is 241 g/mol. The zero-order chi connectivity index (χ0) is 10.0. The van der Waals surface area contributed by atoms with Crippen molar-refractivity contribution in [3.8, 4) is 6.07 Å². The molecule has 0 saturated heterocycles. The number of nitriles is 1. The molecular formula is C9H5BrFNO. The first-order chi connectivity index (χ1) is 6.07. The molecule has 13 heavy (non-hydrogen) atoms. The third-order valence-electron chi connectivity index (χ3n) is 1.57. The summed E-state index contributed by atoms with van der Waals surface area (Å²) in [5.41, 5.74) is -0.0925. The van der Waals surface area contributed by atoms with Crippen molar-refractivity contribution in [1.29, 1.82) is 5.26 Å². The SMILES string of the molecule is CC(=O)c1c(C#N)ccc(Br)c1F. The van der Waals surface area contributed by atoms with E-state index < -0.39 is 11.6 Å². The van der Waals surface area contributed by atoms with E-state index in [0.717, 1.165) is 0 Å². The van der Waals surface area contributed by atoms with Gasteiger partial charge in [-0.05, 0) is 35.0 Å². The zero-order valence-electron chi connectivity index (χ0n) is 6.77. The molecule has 1 aromatic rings. The second-order valence-corrected chi connectivity index (χ2v) is 3.31. The summed E-state index contributed by atoms with van der Waals surface area (Å²) in [5.74, 6) is -1.12. The van der Waals surface area contributed by atoms with Crippen molar-refractivity contribution in [3.63, 3.8) is 0 Å². The molecule has 0 aliphatic carbocycles. The maximum absolute atomic E-state index is 13.3. The Balaban J connectivity index is 3.53. The van der Waals surface area contributed by atoms with Crippen LogP contribution in [0.3, 0.4) is 0 Å². The Morgan fingerprint density at radius 3 is 2.69 bits per heavy atom. The van der Waals surface area contributed by atoms with Crippen LogP contribution in [0.15, 0.2) is 16.6 Å². The molecule has 0 heterocycles. The zero-order valence-corrected chi connectivity index (χ0v) is 8.35. The first-order valence-corrected chi connectivity index (χ1v) is 4.26. The third-order valence-corrected chi connectivity index (χ3v) is 2.18. The summed E-state index contributed by atoms with van der Waals surface area (Å²) in [6.07, 6.45) is 0. The van der Waals surface area contributed by atoms with Gasteiger partial charge in [0.05, 0.1) is 21.7 Å². The Kier molecular flexibility index (Phi) is 2.79. The Bertz CT molecular complexity index is 409. The average Bonchev–Trinajstić information content (AvgIpc) is 2.08. The lowest BCUT2D eigenvalue weighted by Crippen LogP contribution is -2.01. The third kappa shape index (κ3) is 1.76. The highest BCUT2D eigenvalue weighted by atomic mass is 79.9. The van der Waals surface area contributed by atoms with Crippen LogP contribution in [-0.2, 0) is 0 Å². The van der Waals surface area contributed by atoms with E-state index in [0.29, 0.717) is 0 Å². The van der Waals surface area contributed by atoms with Gasteiger partial charge in [-0.2, -0.15) is 5.26 Å². The number of hydrogen-bond donors (Lipinski definition) is 0. The molecule has 0 aliphatic rings. The predicted octanol–water partition coefficient (Wildman–Crippen LogP) is 2.66. The van der Waals surface area contributed by atoms with E-state index in [1.165, 1.54) is 19.1 Å². The molecule has 1 aromatic carbocycles. The van der Waals surface area contributed by atoms with Gasteiger partial charge in [0.1, 0.15) is 5.82 Å². The molecular weight excluding hydrogens is 237 g/mol. The summed E-state index contributed by atoms with van der Waals surface area (Å²) in [6, 6.07) is 4.57. The van der Waals surface area contributed by atoms with Crippen LogP contribution in [-0.4, -0.2) is 5.78 Å². The quantitative estimate of drug-likeness (QED) is 0.710. The van der Waals surface area contributed by atoms with Crippen molar-refractivity contribution >= 4 is 21.7 Å². The van der Waals surface area contributed by atoms with Gasteiger partial charge in [-0.25, -0.2) is 4.39 Å². The molecule has 0 bridgehead atoms. The predicted molar refractivity (Wildman–Crippen MR) is 48.8 cm³/mol. The van der Waals surface area contributed by atoms with E-state index in [2.05, 4.69) is 15.9 Å².